The molecule has 40 heavy (non-hydrogen) atoms. The number of aromatic nitrogens is 6. The minimum absolute atomic E-state index is 0.119. The van der Waals surface area contributed by atoms with Gasteiger partial charge in [0, 0.05) is 46.7 Å². The summed E-state index contributed by atoms with van der Waals surface area (Å²) < 4.78 is 24.3. The molecule has 3 unspecified atom stereocenters. The van der Waals surface area contributed by atoms with Gasteiger partial charge in [-0.15, -0.1) is 5.10 Å². The highest BCUT2D eigenvalue weighted by Gasteiger charge is 2.56. The third-order valence-corrected chi connectivity index (χ3v) is 8.38. The largest absolute Gasteiger partial charge is 0.489 e. The Bertz CT molecular complexity index is 1880. The van der Waals surface area contributed by atoms with Crippen LogP contribution in [-0.4, -0.2) is 42.1 Å². The lowest BCUT2D eigenvalue weighted by Gasteiger charge is -2.20. The van der Waals surface area contributed by atoms with Gasteiger partial charge in [0.15, 0.2) is 0 Å². The lowest BCUT2D eigenvalue weighted by molar-refractivity contribution is 0.332. The zero-order valence-electron chi connectivity index (χ0n) is 21.1. The maximum absolute atomic E-state index is 15.3. The van der Waals surface area contributed by atoms with Crippen LogP contribution in [0.15, 0.2) is 76.7 Å². The smallest absolute Gasteiger partial charge is 0.254 e. The first-order valence-electron chi connectivity index (χ1n) is 13.0. The van der Waals surface area contributed by atoms with E-state index in [4.69, 9.17) is 21.3 Å². The topological polar surface area (TPSA) is 100 Å². The molecule has 0 amide bonds. The Morgan fingerprint density at radius 1 is 1.12 bits per heavy atom. The molecule has 8 rings (SSSR count). The summed E-state index contributed by atoms with van der Waals surface area (Å²) in [5.41, 5.74) is 5.55. The SMILES string of the molecule is C=C1COc2cc(C3=C(F)N=C(C4C5CC5c5nc(-c6cc(Cl)ccc6-n6cnnn6)cc(=O)n54)C3)ccc2C1. The van der Waals surface area contributed by atoms with Gasteiger partial charge in [-0.3, -0.25) is 9.36 Å². The monoisotopic (exact) mass is 553 g/mol. The van der Waals surface area contributed by atoms with E-state index in [1.54, 1.807) is 22.8 Å². The molecule has 1 fully saturated rings. The summed E-state index contributed by atoms with van der Waals surface area (Å²) in [7, 11) is 0. The molecule has 0 N–H and O–H groups in total. The van der Waals surface area contributed by atoms with Crippen LogP contribution in [0, 0.1) is 5.92 Å². The number of tetrazole rings is 1. The number of benzene rings is 2. The van der Waals surface area contributed by atoms with Crippen LogP contribution in [0.3, 0.4) is 0 Å². The van der Waals surface area contributed by atoms with Gasteiger partial charge in [-0.2, -0.15) is 9.07 Å². The van der Waals surface area contributed by atoms with E-state index in [1.165, 1.54) is 17.1 Å². The Morgan fingerprint density at radius 2 is 2.02 bits per heavy atom. The minimum atomic E-state index is -0.511. The van der Waals surface area contributed by atoms with E-state index >= 15 is 4.39 Å². The fourth-order valence-electron chi connectivity index (χ4n) is 6.22. The molecule has 3 atom stereocenters. The summed E-state index contributed by atoms with van der Waals surface area (Å²) in [5, 5.41) is 11.9. The van der Waals surface area contributed by atoms with E-state index in [-0.39, 0.29) is 23.4 Å². The fourth-order valence-corrected chi connectivity index (χ4v) is 6.39. The van der Waals surface area contributed by atoms with Crippen molar-refractivity contribution in [3.8, 4) is 22.7 Å². The van der Waals surface area contributed by atoms with Gasteiger partial charge < -0.3 is 4.74 Å². The van der Waals surface area contributed by atoms with Crippen LogP contribution in [-0.2, 0) is 6.42 Å². The summed E-state index contributed by atoms with van der Waals surface area (Å²) in [4.78, 5) is 22.9. The van der Waals surface area contributed by atoms with Gasteiger partial charge in [0.2, 0.25) is 5.95 Å². The van der Waals surface area contributed by atoms with Gasteiger partial charge in [0.1, 0.15) is 24.5 Å². The van der Waals surface area contributed by atoms with Crippen molar-refractivity contribution in [1.29, 1.82) is 0 Å². The van der Waals surface area contributed by atoms with Crippen molar-refractivity contribution in [2.45, 2.75) is 31.2 Å². The average molecular weight is 554 g/mol. The first-order chi connectivity index (χ1) is 19.4. The molecular formula is C29H21ClFN7O2. The molecule has 5 heterocycles. The highest BCUT2D eigenvalue weighted by atomic mass is 35.5. The second-order valence-electron chi connectivity index (χ2n) is 10.7. The van der Waals surface area contributed by atoms with Crippen LogP contribution in [0.5, 0.6) is 5.75 Å². The molecule has 3 aliphatic heterocycles. The van der Waals surface area contributed by atoms with Crippen LogP contribution in [0.2, 0.25) is 5.02 Å². The van der Waals surface area contributed by atoms with Gasteiger partial charge in [-0.05, 0) is 63.7 Å². The van der Waals surface area contributed by atoms with Crippen LogP contribution in [0.1, 0.15) is 41.8 Å². The van der Waals surface area contributed by atoms with Crippen molar-refractivity contribution in [3.05, 3.63) is 99.2 Å². The van der Waals surface area contributed by atoms with E-state index in [2.05, 4.69) is 27.1 Å². The summed E-state index contributed by atoms with van der Waals surface area (Å²) in [5.74, 6) is 1.22. The number of ether oxygens (including phenoxy) is 1. The highest BCUT2D eigenvalue weighted by Crippen LogP contribution is 2.60. The molecule has 1 saturated carbocycles. The number of hydrogen-bond acceptors (Lipinski definition) is 7. The fraction of sp³-hybridized carbons (Fsp3) is 0.241. The number of rotatable bonds is 4. The normalized spacial score (nSPS) is 22.5. The number of nitrogens with zero attached hydrogens (tertiary/aromatic N) is 7. The Hall–Kier alpha value is -4.44. The predicted octanol–water partition coefficient (Wildman–Crippen LogP) is 4.87. The maximum atomic E-state index is 15.3. The van der Waals surface area contributed by atoms with E-state index in [0.717, 1.165) is 35.3 Å². The third kappa shape index (κ3) is 3.59. The van der Waals surface area contributed by atoms with Gasteiger partial charge in [0.25, 0.3) is 5.56 Å². The van der Waals surface area contributed by atoms with Crippen LogP contribution in [0.25, 0.3) is 22.5 Å². The quantitative estimate of drug-likeness (QED) is 0.264. The second-order valence-corrected chi connectivity index (χ2v) is 11.1. The molecule has 11 heteroatoms. The second kappa shape index (κ2) is 8.53. The molecule has 2 aromatic carbocycles. The van der Waals surface area contributed by atoms with Crippen molar-refractivity contribution < 1.29 is 9.13 Å². The lowest BCUT2D eigenvalue weighted by atomic mass is 9.95. The van der Waals surface area contributed by atoms with Crippen LogP contribution >= 0.6 is 11.6 Å². The molecule has 198 valence electrons. The summed E-state index contributed by atoms with van der Waals surface area (Å²) in [6.45, 7) is 4.46. The zero-order valence-corrected chi connectivity index (χ0v) is 21.8. The molecule has 9 nitrogen and oxygen atoms in total. The Morgan fingerprint density at radius 3 is 2.88 bits per heavy atom. The molecular weight excluding hydrogens is 533 g/mol. The Balaban J connectivity index is 1.13. The van der Waals surface area contributed by atoms with Gasteiger partial charge in [0.05, 0.1) is 17.4 Å². The summed E-state index contributed by atoms with van der Waals surface area (Å²) in [6, 6.07) is 12.2. The maximum Gasteiger partial charge on any atom is 0.254 e. The predicted molar refractivity (Wildman–Crippen MR) is 146 cm³/mol. The van der Waals surface area contributed by atoms with Crippen LogP contribution in [0.4, 0.5) is 4.39 Å². The standard InChI is InChI=1S/C29H21ClFN7O2/c1-14-6-16-3-2-15(7-25(16)40-12-14)18-10-23(33-28(18)31)27-19-9-20(19)29-34-22(11-26(39)38(27)29)21-8-17(30)4-5-24(21)37-13-32-35-36-37/h2-5,7-8,11,13,19-20,27H,1,6,9-10,12H2. The van der Waals surface area contributed by atoms with Gasteiger partial charge in [-0.1, -0.05) is 30.3 Å². The van der Waals surface area contributed by atoms with Crippen molar-refractivity contribution >= 4 is 22.9 Å². The molecule has 4 aliphatic rings. The van der Waals surface area contributed by atoms with Crippen LogP contribution < -0.4 is 10.3 Å². The number of allylic oxidation sites excluding steroid dienone is 1. The number of halogens is 2. The Labute approximate surface area is 232 Å². The number of aliphatic imine (C=N–C) groups is 1. The molecule has 1 aliphatic carbocycles. The first kappa shape index (κ1) is 23.4. The Kier molecular flexibility index (Phi) is 5.00. The molecule has 4 aromatic rings. The zero-order chi connectivity index (χ0) is 27.1. The third-order valence-electron chi connectivity index (χ3n) is 8.14. The molecule has 0 bridgehead atoms. The minimum Gasteiger partial charge on any atom is -0.489 e. The van der Waals surface area contributed by atoms with Crippen molar-refractivity contribution in [3.63, 3.8) is 0 Å². The van der Waals surface area contributed by atoms with Gasteiger partial charge >= 0.3 is 0 Å². The summed E-state index contributed by atoms with van der Waals surface area (Å²) >= 11 is 6.32. The van der Waals surface area contributed by atoms with E-state index < -0.39 is 5.95 Å². The highest BCUT2D eigenvalue weighted by molar-refractivity contribution is 6.31. The molecule has 0 spiro atoms. The van der Waals surface area contributed by atoms with Crippen molar-refractivity contribution in [2.75, 3.05) is 6.61 Å². The molecule has 0 radical (unpaired) electrons. The lowest BCUT2D eigenvalue weighted by Crippen LogP contribution is -2.30. The first-order valence-corrected chi connectivity index (χ1v) is 13.4. The molecule has 2 aromatic heterocycles. The number of hydrogen-bond donors (Lipinski definition) is 0. The van der Waals surface area contributed by atoms with Crippen molar-refractivity contribution in [1.82, 2.24) is 29.8 Å². The molecule has 0 saturated heterocycles. The van der Waals surface area contributed by atoms with E-state index in [9.17, 15) is 4.79 Å². The van der Waals surface area contributed by atoms with Gasteiger partial charge in [-0.25, -0.2) is 9.98 Å². The average Bonchev–Trinajstić information content (AvgIpc) is 3.24. The van der Waals surface area contributed by atoms with E-state index in [1.807, 2.05) is 18.2 Å². The van der Waals surface area contributed by atoms with Crippen molar-refractivity contribution in [2.24, 2.45) is 10.9 Å². The van der Waals surface area contributed by atoms with E-state index in [0.29, 0.717) is 52.1 Å². The number of fused-ring (bicyclic) bond motifs is 4. The summed E-state index contributed by atoms with van der Waals surface area (Å²) in [6.07, 6.45) is 3.44.